The highest BCUT2D eigenvalue weighted by Gasteiger charge is 2.64. The molecule has 7 nitrogen and oxygen atoms in total. The number of hydrogen-bond donors (Lipinski definition) is 1. The van der Waals surface area contributed by atoms with Crippen LogP contribution in [0.3, 0.4) is 0 Å². The van der Waals surface area contributed by atoms with Gasteiger partial charge in [0.25, 0.3) is 0 Å². The standard InChI is InChI=1S/C14H19FO7S/c1-2-3-4-14(15,23(18,19)20)13(17)22-10-7-5-8-9(6-7)12(16)21-11(8)10/h7-11H,2-6H2,1H3,(H,18,19,20). The minimum absolute atomic E-state index is 0.0549. The van der Waals surface area contributed by atoms with Gasteiger partial charge in [-0.25, -0.2) is 9.18 Å². The number of unbranched alkanes of at least 4 members (excludes halogenated alkanes) is 1. The minimum Gasteiger partial charge on any atom is -0.458 e. The fourth-order valence-corrected chi connectivity index (χ4v) is 4.68. The van der Waals surface area contributed by atoms with Crippen molar-refractivity contribution in [3.8, 4) is 0 Å². The third-order valence-electron chi connectivity index (χ3n) is 5.22. The van der Waals surface area contributed by atoms with Crippen LogP contribution in [-0.2, 0) is 29.2 Å². The van der Waals surface area contributed by atoms with Gasteiger partial charge in [-0.05, 0) is 19.3 Å². The number of ether oxygens (including phenoxy) is 2. The van der Waals surface area contributed by atoms with Crippen LogP contribution in [0.1, 0.15) is 39.0 Å². The number of esters is 2. The molecule has 3 fully saturated rings. The minimum atomic E-state index is -5.26. The molecule has 0 spiro atoms. The van der Waals surface area contributed by atoms with E-state index < -0.39 is 39.7 Å². The molecule has 9 heteroatoms. The van der Waals surface area contributed by atoms with Crippen molar-refractivity contribution in [3.05, 3.63) is 0 Å². The summed E-state index contributed by atoms with van der Waals surface area (Å²) >= 11 is 0. The maximum absolute atomic E-state index is 14.7. The number of fused-ring (bicyclic) bond motifs is 1. The van der Waals surface area contributed by atoms with Crippen LogP contribution >= 0.6 is 0 Å². The van der Waals surface area contributed by atoms with Crippen LogP contribution in [0.5, 0.6) is 0 Å². The first-order valence-corrected chi connectivity index (χ1v) is 9.20. The van der Waals surface area contributed by atoms with Crippen molar-refractivity contribution in [3.63, 3.8) is 0 Å². The zero-order valence-electron chi connectivity index (χ0n) is 12.6. The van der Waals surface area contributed by atoms with Gasteiger partial charge >= 0.3 is 27.1 Å². The Labute approximate surface area is 133 Å². The van der Waals surface area contributed by atoms with Crippen LogP contribution in [0.4, 0.5) is 4.39 Å². The van der Waals surface area contributed by atoms with Gasteiger partial charge in [0, 0.05) is 18.3 Å². The third kappa shape index (κ3) is 2.44. The summed E-state index contributed by atoms with van der Waals surface area (Å²) in [6.07, 6.45) is -0.458. The molecule has 3 aliphatic rings. The lowest BCUT2D eigenvalue weighted by molar-refractivity contribution is -0.169. The molecule has 0 aromatic heterocycles. The molecule has 130 valence electrons. The van der Waals surface area contributed by atoms with Crippen LogP contribution < -0.4 is 0 Å². The Balaban J connectivity index is 1.77. The number of hydrogen-bond acceptors (Lipinski definition) is 6. The van der Waals surface area contributed by atoms with E-state index in [2.05, 4.69) is 0 Å². The maximum atomic E-state index is 14.7. The Hall–Kier alpha value is -1.22. The van der Waals surface area contributed by atoms with Crippen molar-refractivity contribution >= 4 is 22.1 Å². The van der Waals surface area contributed by atoms with Gasteiger partial charge in [-0.15, -0.1) is 0 Å². The third-order valence-corrected chi connectivity index (χ3v) is 6.41. The quantitative estimate of drug-likeness (QED) is 0.567. The number of alkyl halides is 1. The Kier molecular flexibility index (Phi) is 3.91. The Morgan fingerprint density at radius 1 is 1.48 bits per heavy atom. The zero-order chi connectivity index (χ0) is 17.0. The van der Waals surface area contributed by atoms with Crippen molar-refractivity contribution in [1.82, 2.24) is 0 Å². The fourth-order valence-electron chi connectivity index (χ4n) is 4.02. The highest BCUT2D eigenvalue weighted by Crippen LogP contribution is 2.55. The van der Waals surface area contributed by atoms with Crippen molar-refractivity contribution in [1.29, 1.82) is 0 Å². The monoisotopic (exact) mass is 350 g/mol. The van der Waals surface area contributed by atoms with E-state index in [-0.39, 0.29) is 30.1 Å². The van der Waals surface area contributed by atoms with E-state index in [4.69, 9.17) is 14.0 Å². The van der Waals surface area contributed by atoms with Gasteiger partial charge < -0.3 is 9.47 Å². The summed E-state index contributed by atoms with van der Waals surface area (Å²) in [5.41, 5.74) is 0. The molecular formula is C14H19FO7S. The topological polar surface area (TPSA) is 107 Å². The lowest BCUT2D eigenvalue weighted by atomic mass is 9.88. The molecule has 2 aliphatic carbocycles. The summed E-state index contributed by atoms with van der Waals surface area (Å²) in [5, 5.41) is -3.48. The van der Waals surface area contributed by atoms with Crippen LogP contribution in [0.2, 0.25) is 0 Å². The maximum Gasteiger partial charge on any atom is 0.363 e. The van der Waals surface area contributed by atoms with E-state index in [1.54, 1.807) is 6.92 Å². The van der Waals surface area contributed by atoms with Crippen molar-refractivity contribution in [2.75, 3.05) is 0 Å². The van der Waals surface area contributed by atoms with Crippen LogP contribution in [-0.4, -0.2) is 42.1 Å². The molecule has 6 unspecified atom stereocenters. The summed E-state index contributed by atoms with van der Waals surface area (Å²) in [6.45, 7) is 1.70. The Morgan fingerprint density at radius 3 is 2.78 bits per heavy atom. The van der Waals surface area contributed by atoms with E-state index in [1.165, 1.54) is 0 Å². The molecule has 1 N–H and O–H groups in total. The summed E-state index contributed by atoms with van der Waals surface area (Å²) in [7, 11) is -5.26. The lowest BCUT2D eigenvalue weighted by Crippen LogP contribution is -2.47. The van der Waals surface area contributed by atoms with Gasteiger partial charge in [-0.2, -0.15) is 8.42 Å². The molecule has 1 heterocycles. The van der Waals surface area contributed by atoms with Gasteiger partial charge in [0.15, 0.2) is 0 Å². The summed E-state index contributed by atoms with van der Waals surface area (Å²) < 4.78 is 56.7. The normalized spacial score (nSPS) is 37.5. The number of carbonyl (C=O) groups is 2. The van der Waals surface area contributed by atoms with Crippen LogP contribution in [0.15, 0.2) is 0 Å². The van der Waals surface area contributed by atoms with E-state index in [0.29, 0.717) is 19.3 Å². The summed E-state index contributed by atoms with van der Waals surface area (Å²) in [5.74, 6) is -2.35. The predicted octanol–water partition coefficient (Wildman–Crippen LogP) is 1.22. The second-order valence-corrected chi connectivity index (χ2v) is 8.18. The second-order valence-electron chi connectivity index (χ2n) is 6.58. The number of halogens is 1. The largest absolute Gasteiger partial charge is 0.458 e. The van der Waals surface area contributed by atoms with Crippen molar-refractivity contribution < 1.29 is 36.4 Å². The highest BCUT2D eigenvalue weighted by atomic mass is 32.2. The molecule has 3 rings (SSSR count). The van der Waals surface area contributed by atoms with Crippen molar-refractivity contribution in [2.45, 2.75) is 56.2 Å². The van der Waals surface area contributed by atoms with Crippen molar-refractivity contribution in [2.24, 2.45) is 17.8 Å². The molecule has 0 amide bonds. The second kappa shape index (κ2) is 5.41. The molecule has 0 radical (unpaired) electrons. The van der Waals surface area contributed by atoms with E-state index in [0.717, 1.165) is 0 Å². The SMILES string of the molecule is CCCCC(F)(C(=O)OC1C2CC3C(=O)OC1C3C2)S(=O)(=O)O. The van der Waals surface area contributed by atoms with Crippen LogP contribution in [0, 0.1) is 17.8 Å². The van der Waals surface area contributed by atoms with E-state index in [1.807, 2.05) is 0 Å². The van der Waals surface area contributed by atoms with Gasteiger partial charge in [-0.1, -0.05) is 13.3 Å². The van der Waals surface area contributed by atoms with E-state index >= 15 is 0 Å². The Bertz CT molecular complexity index is 633. The summed E-state index contributed by atoms with van der Waals surface area (Å²) in [6, 6.07) is 0. The molecule has 1 saturated heterocycles. The number of carbonyl (C=O) groups excluding carboxylic acids is 2. The molecule has 0 aromatic carbocycles. The molecule has 23 heavy (non-hydrogen) atoms. The highest BCUT2D eigenvalue weighted by molar-refractivity contribution is 7.87. The average Bonchev–Trinajstić information content (AvgIpc) is 3.08. The summed E-state index contributed by atoms with van der Waals surface area (Å²) in [4.78, 5) is 23.8. The fraction of sp³-hybridized carbons (Fsp3) is 0.857. The molecule has 2 saturated carbocycles. The molecule has 6 atom stereocenters. The number of rotatable bonds is 6. The zero-order valence-corrected chi connectivity index (χ0v) is 13.4. The van der Waals surface area contributed by atoms with Gasteiger partial charge in [0.1, 0.15) is 12.2 Å². The van der Waals surface area contributed by atoms with Gasteiger partial charge in [0.2, 0.25) is 0 Å². The van der Waals surface area contributed by atoms with E-state index in [9.17, 15) is 22.4 Å². The smallest absolute Gasteiger partial charge is 0.363 e. The van der Waals surface area contributed by atoms with Crippen LogP contribution in [0.25, 0.3) is 0 Å². The first-order chi connectivity index (χ1) is 10.7. The van der Waals surface area contributed by atoms with Gasteiger partial charge in [-0.3, -0.25) is 9.35 Å². The first-order valence-electron chi connectivity index (χ1n) is 7.76. The van der Waals surface area contributed by atoms with Gasteiger partial charge in [0.05, 0.1) is 5.92 Å². The molecule has 1 aliphatic heterocycles. The molecule has 0 aromatic rings. The predicted molar refractivity (Wildman–Crippen MR) is 74.4 cm³/mol. The molecular weight excluding hydrogens is 331 g/mol. The lowest BCUT2D eigenvalue weighted by Gasteiger charge is -2.28. The average molecular weight is 350 g/mol. The molecule has 2 bridgehead atoms. The Morgan fingerprint density at radius 2 is 2.17 bits per heavy atom. The first kappa shape index (κ1) is 16.6.